The summed E-state index contributed by atoms with van der Waals surface area (Å²) >= 11 is 1.60. The molecule has 3 aromatic carbocycles. The van der Waals surface area contributed by atoms with E-state index < -0.39 is 6.36 Å². The number of anilines is 1. The van der Waals surface area contributed by atoms with E-state index in [0.717, 1.165) is 46.7 Å². The van der Waals surface area contributed by atoms with Crippen LogP contribution in [-0.2, 0) is 0 Å². The highest BCUT2D eigenvalue weighted by atomic mass is 32.2. The van der Waals surface area contributed by atoms with E-state index in [2.05, 4.69) is 62.9 Å². The van der Waals surface area contributed by atoms with Crippen molar-refractivity contribution in [1.29, 1.82) is 0 Å². The van der Waals surface area contributed by atoms with Crippen LogP contribution in [0.3, 0.4) is 0 Å². The third-order valence-corrected chi connectivity index (χ3v) is 8.26. The second kappa shape index (κ2) is 13.1. The van der Waals surface area contributed by atoms with Crippen LogP contribution >= 0.6 is 11.8 Å². The van der Waals surface area contributed by atoms with Gasteiger partial charge in [0.25, 0.3) is 0 Å². The number of halogens is 3. The summed E-state index contributed by atoms with van der Waals surface area (Å²) in [4.78, 5) is 24.2. The van der Waals surface area contributed by atoms with E-state index in [1.54, 1.807) is 11.8 Å². The minimum absolute atomic E-state index is 0.242. The molecule has 2 heterocycles. The second-order valence-corrected chi connectivity index (χ2v) is 11.6. The number of nitrogens with one attached hydrogen (secondary N) is 1. The number of amidine groups is 1. The number of carbonyl (C=O) groups excluding carboxylic acids is 1. The van der Waals surface area contributed by atoms with Crippen molar-refractivity contribution in [3.8, 4) is 22.8 Å². The summed E-state index contributed by atoms with van der Waals surface area (Å²) in [6.45, 7) is 9.08. The van der Waals surface area contributed by atoms with Crippen molar-refractivity contribution in [2.75, 3.05) is 17.2 Å². The molecule has 0 radical (unpaired) electrons. The molecule has 2 amide bonds. The summed E-state index contributed by atoms with van der Waals surface area (Å²) in [6.07, 6.45) is -1.58. The Morgan fingerprint density at radius 3 is 2.39 bits per heavy atom. The first-order valence-electron chi connectivity index (χ1n) is 14.3. The molecule has 12 heteroatoms. The maximum atomic E-state index is 13.1. The van der Waals surface area contributed by atoms with Gasteiger partial charge in [-0.3, -0.25) is 0 Å². The lowest BCUT2D eigenvalue weighted by Gasteiger charge is -2.32. The number of alkyl halides is 3. The molecule has 1 aromatic heterocycles. The predicted octanol–water partition coefficient (Wildman–Crippen LogP) is 7.92. The Bertz CT molecular complexity index is 1630. The van der Waals surface area contributed by atoms with E-state index in [1.165, 1.54) is 40.8 Å². The van der Waals surface area contributed by atoms with Gasteiger partial charge in [0.05, 0.1) is 11.7 Å². The largest absolute Gasteiger partial charge is 0.573 e. The van der Waals surface area contributed by atoms with Crippen LogP contribution in [0.25, 0.3) is 17.1 Å². The molecule has 1 aliphatic heterocycles. The fourth-order valence-corrected chi connectivity index (χ4v) is 6.27. The molecule has 1 fully saturated rings. The minimum Gasteiger partial charge on any atom is -0.406 e. The number of carbonyl (C=O) groups is 1. The van der Waals surface area contributed by atoms with Gasteiger partial charge in [-0.1, -0.05) is 60.6 Å². The lowest BCUT2D eigenvalue weighted by molar-refractivity contribution is -0.274. The number of nitrogens with zero attached hydrogens (tertiary/aromatic N) is 5. The molecule has 5 rings (SSSR count). The van der Waals surface area contributed by atoms with E-state index in [0.29, 0.717) is 23.1 Å². The quantitative estimate of drug-likeness (QED) is 0.225. The van der Waals surface area contributed by atoms with Crippen LogP contribution in [0.2, 0.25) is 0 Å². The smallest absolute Gasteiger partial charge is 0.406 e. The van der Waals surface area contributed by atoms with Gasteiger partial charge in [0.1, 0.15) is 12.1 Å². The summed E-state index contributed by atoms with van der Waals surface area (Å²) in [7, 11) is 0. The summed E-state index contributed by atoms with van der Waals surface area (Å²) in [5.74, 6) is 1.05. The molecule has 0 bridgehead atoms. The molecule has 4 aromatic rings. The zero-order valence-electron chi connectivity index (χ0n) is 24.9. The van der Waals surface area contributed by atoms with Gasteiger partial charge in [-0.05, 0) is 74.6 Å². The van der Waals surface area contributed by atoms with Crippen LogP contribution in [0, 0.1) is 20.8 Å². The molecule has 0 spiro atoms. The third-order valence-electron chi connectivity index (χ3n) is 7.19. The number of hydrogen-bond acceptors (Lipinski definition) is 5. The minimum atomic E-state index is -4.75. The van der Waals surface area contributed by atoms with E-state index in [9.17, 15) is 18.0 Å². The highest BCUT2D eigenvalue weighted by molar-refractivity contribution is 8.14. The van der Waals surface area contributed by atoms with E-state index in [-0.39, 0.29) is 17.8 Å². The first kappa shape index (κ1) is 31.1. The fraction of sp³-hybridized carbons (Fsp3) is 0.312. The molecule has 0 saturated carbocycles. The van der Waals surface area contributed by atoms with Crippen molar-refractivity contribution in [1.82, 2.24) is 20.1 Å². The normalized spacial score (nSPS) is 15.3. The maximum Gasteiger partial charge on any atom is 0.573 e. The van der Waals surface area contributed by atoms with E-state index in [1.807, 2.05) is 31.2 Å². The monoisotopic (exact) mass is 622 g/mol. The van der Waals surface area contributed by atoms with Crippen LogP contribution < -0.4 is 15.0 Å². The average Bonchev–Trinajstić information content (AvgIpc) is 3.46. The van der Waals surface area contributed by atoms with Crippen LogP contribution in [-0.4, -0.2) is 44.6 Å². The molecule has 1 unspecified atom stereocenters. The highest BCUT2D eigenvalue weighted by Gasteiger charge is 2.31. The van der Waals surface area contributed by atoms with Gasteiger partial charge in [0.2, 0.25) is 0 Å². The molecule has 0 aliphatic carbocycles. The van der Waals surface area contributed by atoms with Crippen molar-refractivity contribution in [2.24, 2.45) is 4.99 Å². The van der Waals surface area contributed by atoms with Crippen LogP contribution in [0.1, 0.15) is 48.1 Å². The molecular formula is C32H33F3N6O2S. The summed E-state index contributed by atoms with van der Waals surface area (Å²) in [5.41, 5.74) is 6.86. The number of thioether (sulfide) groups is 1. The zero-order chi connectivity index (χ0) is 31.4. The number of aryl methyl sites for hydroxylation is 3. The van der Waals surface area contributed by atoms with Crippen molar-refractivity contribution in [3.63, 3.8) is 0 Å². The van der Waals surface area contributed by atoms with Gasteiger partial charge >= 0.3 is 12.4 Å². The second-order valence-electron chi connectivity index (χ2n) is 10.6. The Balaban J connectivity index is 1.27. The SMILES string of the molecule is CCC(NC(=O)/N=C1\SCCCN1c1c(C)cc(C)cc1C)c1ccc(-c2ncn(-c3ccc(OC(F)(F)F)cc3)n2)cc1. The predicted molar refractivity (Wildman–Crippen MR) is 168 cm³/mol. The lowest BCUT2D eigenvalue weighted by Crippen LogP contribution is -2.37. The molecular weight excluding hydrogens is 589 g/mol. The number of rotatable bonds is 7. The highest BCUT2D eigenvalue weighted by Crippen LogP contribution is 2.32. The van der Waals surface area contributed by atoms with E-state index >= 15 is 0 Å². The number of aromatic nitrogens is 3. The number of urea groups is 1. The number of aliphatic imine (C=N–C) groups is 1. The topological polar surface area (TPSA) is 84.6 Å². The third kappa shape index (κ3) is 7.42. The number of ether oxygens (including phenoxy) is 1. The number of amides is 2. The molecule has 1 atom stereocenters. The molecule has 1 N–H and O–H groups in total. The molecule has 8 nitrogen and oxygen atoms in total. The number of hydrogen-bond donors (Lipinski definition) is 1. The fourth-order valence-electron chi connectivity index (χ4n) is 5.33. The Morgan fingerprint density at radius 1 is 1.07 bits per heavy atom. The molecule has 1 saturated heterocycles. The van der Waals surface area contributed by atoms with Crippen molar-refractivity contribution >= 4 is 28.6 Å². The van der Waals surface area contributed by atoms with Crippen molar-refractivity contribution in [3.05, 3.63) is 89.2 Å². The van der Waals surface area contributed by atoms with Crippen LogP contribution in [0.15, 0.2) is 72.0 Å². The summed E-state index contributed by atoms with van der Waals surface area (Å²) in [5, 5.41) is 8.23. The summed E-state index contributed by atoms with van der Waals surface area (Å²) < 4.78 is 42.7. The summed E-state index contributed by atoms with van der Waals surface area (Å²) in [6, 6.07) is 16.6. The van der Waals surface area contributed by atoms with Gasteiger partial charge in [-0.15, -0.1) is 18.3 Å². The molecule has 44 heavy (non-hydrogen) atoms. The Kier molecular flexibility index (Phi) is 9.28. The zero-order valence-corrected chi connectivity index (χ0v) is 25.7. The van der Waals surface area contributed by atoms with Gasteiger partial charge in [0, 0.05) is 23.5 Å². The van der Waals surface area contributed by atoms with Crippen molar-refractivity contribution in [2.45, 2.75) is 52.9 Å². The van der Waals surface area contributed by atoms with Gasteiger partial charge in [0.15, 0.2) is 11.0 Å². The Hall–Kier alpha value is -4.32. The van der Waals surface area contributed by atoms with Gasteiger partial charge in [-0.2, -0.15) is 4.99 Å². The van der Waals surface area contributed by atoms with E-state index in [4.69, 9.17) is 0 Å². The van der Waals surface area contributed by atoms with Crippen LogP contribution in [0.4, 0.5) is 23.7 Å². The average molecular weight is 623 g/mol. The standard InChI is InChI=1S/C32H33F3N6O2S/c1-5-27(37-30(42)38-31-40(15-6-16-44-31)28-21(3)17-20(2)18-22(28)4)23-7-9-24(10-8-23)29-36-19-41(39-29)25-11-13-26(14-12-25)43-32(33,34)35/h7-14,17-19,27H,5-6,15-16H2,1-4H3,(H,37,42)/b38-31-. The first-order chi connectivity index (χ1) is 21.0. The Morgan fingerprint density at radius 2 is 1.75 bits per heavy atom. The maximum absolute atomic E-state index is 13.1. The Labute approximate surface area is 258 Å². The molecule has 1 aliphatic rings. The van der Waals surface area contributed by atoms with Gasteiger partial charge < -0.3 is 15.0 Å². The van der Waals surface area contributed by atoms with Crippen molar-refractivity contribution < 1.29 is 22.7 Å². The molecule has 230 valence electrons. The van der Waals surface area contributed by atoms with Gasteiger partial charge in [-0.25, -0.2) is 14.5 Å². The van der Waals surface area contributed by atoms with Crippen LogP contribution in [0.5, 0.6) is 5.75 Å². The number of benzene rings is 3. The first-order valence-corrected chi connectivity index (χ1v) is 15.2. The lowest BCUT2D eigenvalue weighted by atomic mass is 10.0.